The molecule has 1 saturated carbocycles. The van der Waals surface area contributed by atoms with Crippen LogP contribution in [0.25, 0.3) is 10.9 Å². The first-order valence-electron chi connectivity index (χ1n) is 12.4. The molecule has 9 nitrogen and oxygen atoms in total. The standard InChI is InChI=1S/C28H29N5O4/c1-15-5-3-7-21-25(15)19(26(34)32-21)12-17(14-29)30-27(35)22(11-16-9-10-16)33-28(36)23-13-18-20(31-23)6-4-8-24(18)37-2/h3-8,13,16-17,19,22,31H,9-12H2,1-2H3,(H,30,35)(H,32,34)(H,33,36)/t17-,19+,22-/m0/s1. The number of H-pyrrole nitrogens is 1. The second-order valence-electron chi connectivity index (χ2n) is 9.81. The number of carbonyl (C=O) groups excluding carboxylic acids is 3. The van der Waals surface area contributed by atoms with Crippen molar-refractivity contribution in [2.75, 3.05) is 12.4 Å². The molecule has 1 aromatic heterocycles. The SMILES string of the molecule is COc1cccc2[nH]c(C(=O)N[C@@H](CC3CC3)C(=O)N[C@H](C#N)C[C@H]3C(=O)Nc4cccc(C)c43)cc12. The van der Waals surface area contributed by atoms with E-state index < -0.39 is 29.8 Å². The summed E-state index contributed by atoms with van der Waals surface area (Å²) in [7, 11) is 1.57. The molecule has 2 aromatic carbocycles. The van der Waals surface area contributed by atoms with E-state index in [1.54, 1.807) is 13.2 Å². The normalized spacial score (nSPS) is 17.9. The minimum atomic E-state index is -0.884. The molecule has 3 aromatic rings. The fourth-order valence-electron chi connectivity index (χ4n) is 5.06. The van der Waals surface area contributed by atoms with Crippen LogP contribution in [0.2, 0.25) is 0 Å². The summed E-state index contributed by atoms with van der Waals surface area (Å²) < 4.78 is 5.37. The largest absolute Gasteiger partial charge is 0.496 e. The molecule has 4 N–H and O–H groups in total. The van der Waals surface area contributed by atoms with Gasteiger partial charge in [-0.3, -0.25) is 14.4 Å². The number of aryl methyl sites for hydroxylation is 1. The van der Waals surface area contributed by atoms with Crippen molar-refractivity contribution in [2.24, 2.45) is 5.92 Å². The monoisotopic (exact) mass is 499 g/mol. The fraction of sp³-hybridized carbons (Fsp3) is 0.357. The number of fused-ring (bicyclic) bond motifs is 2. The first kappa shape index (κ1) is 24.4. The van der Waals surface area contributed by atoms with E-state index in [9.17, 15) is 19.6 Å². The van der Waals surface area contributed by atoms with Crippen LogP contribution in [0.5, 0.6) is 5.75 Å². The Morgan fingerprint density at radius 1 is 1.16 bits per heavy atom. The van der Waals surface area contributed by atoms with Gasteiger partial charge in [-0.15, -0.1) is 0 Å². The molecule has 5 rings (SSSR count). The number of ether oxygens (including phenoxy) is 1. The maximum Gasteiger partial charge on any atom is 0.268 e. The van der Waals surface area contributed by atoms with Gasteiger partial charge in [0.2, 0.25) is 11.8 Å². The maximum absolute atomic E-state index is 13.3. The van der Waals surface area contributed by atoms with Gasteiger partial charge in [0.15, 0.2) is 0 Å². The lowest BCUT2D eigenvalue weighted by Gasteiger charge is -2.21. The Bertz CT molecular complexity index is 1420. The molecule has 37 heavy (non-hydrogen) atoms. The van der Waals surface area contributed by atoms with Crippen molar-refractivity contribution < 1.29 is 19.1 Å². The third-order valence-corrected chi connectivity index (χ3v) is 7.17. The van der Waals surface area contributed by atoms with Crippen molar-refractivity contribution in [3.63, 3.8) is 0 Å². The van der Waals surface area contributed by atoms with Crippen molar-refractivity contribution >= 4 is 34.3 Å². The van der Waals surface area contributed by atoms with E-state index in [4.69, 9.17) is 4.74 Å². The van der Waals surface area contributed by atoms with E-state index in [0.29, 0.717) is 23.8 Å². The number of carbonyl (C=O) groups is 3. The molecule has 0 saturated heterocycles. The number of methoxy groups -OCH3 is 1. The minimum absolute atomic E-state index is 0.151. The molecule has 190 valence electrons. The Balaban J connectivity index is 1.30. The Hall–Kier alpha value is -4.32. The molecule has 9 heteroatoms. The van der Waals surface area contributed by atoms with Gasteiger partial charge in [-0.05, 0) is 61.1 Å². The van der Waals surface area contributed by atoms with Crippen molar-refractivity contribution in [3.05, 3.63) is 59.3 Å². The Kier molecular flexibility index (Phi) is 6.57. The summed E-state index contributed by atoms with van der Waals surface area (Å²) >= 11 is 0. The van der Waals surface area contributed by atoms with Gasteiger partial charge in [0.05, 0.1) is 19.1 Å². The minimum Gasteiger partial charge on any atom is -0.496 e. The first-order valence-corrected chi connectivity index (χ1v) is 12.4. The van der Waals surface area contributed by atoms with Gasteiger partial charge < -0.3 is 25.7 Å². The predicted molar refractivity (Wildman–Crippen MR) is 138 cm³/mol. The fourth-order valence-corrected chi connectivity index (χ4v) is 5.06. The summed E-state index contributed by atoms with van der Waals surface area (Å²) in [5.74, 6) is -0.551. The zero-order chi connectivity index (χ0) is 26.1. The van der Waals surface area contributed by atoms with Crippen LogP contribution in [0.1, 0.15) is 53.2 Å². The molecule has 0 radical (unpaired) electrons. The molecule has 1 aliphatic heterocycles. The third-order valence-electron chi connectivity index (χ3n) is 7.17. The number of nitrogens with zero attached hydrogens (tertiary/aromatic N) is 1. The average Bonchev–Trinajstić information content (AvgIpc) is 3.49. The van der Waals surface area contributed by atoms with Crippen LogP contribution in [0.4, 0.5) is 5.69 Å². The highest BCUT2D eigenvalue weighted by atomic mass is 16.5. The second kappa shape index (κ2) is 9.97. The molecule has 2 aliphatic rings. The molecule has 0 unspecified atom stereocenters. The Labute approximate surface area is 214 Å². The van der Waals surface area contributed by atoms with Gasteiger partial charge in [-0.1, -0.05) is 31.0 Å². The smallest absolute Gasteiger partial charge is 0.268 e. The van der Waals surface area contributed by atoms with E-state index in [1.807, 2.05) is 43.3 Å². The van der Waals surface area contributed by atoms with Crippen LogP contribution in [0.3, 0.4) is 0 Å². The zero-order valence-electron chi connectivity index (χ0n) is 20.8. The number of hydrogen-bond acceptors (Lipinski definition) is 5. The van der Waals surface area contributed by atoms with Crippen LogP contribution in [0.15, 0.2) is 42.5 Å². The number of aromatic nitrogens is 1. The van der Waals surface area contributed by atoms with E-state index >= 15 is 0 Å². The molecular formula is C28H29N5O4. The van der Waals surface area contributed by atoms with Crippen LogP contribution >= 0.6 is 0 Å². The molecule has 2 heterocycles. The van der Waals surface area contributed by atoms with Gasteiger partial charge in [0.25, 0.3) is 5.91 Å². The number of nitrogens with one attached hydrogen (secondary N) is 4. The summed E-state index contributed by atoms with van der Waals surface area (Å²) in [5, 5.41) is 19.1. The van der Waals surface area contributed by atoms with Gasteiger partial charge in [-0.25, -0.2) is 0 Å². The molecule has 3 amide bonds. The number of aromatic amines is 1. The van der Waals surface area contributed by atoms with Crippen molar-refractivity contribution in [1.82, 2.24) is 15.6 Å². The van der Waals surface area contributed by atoms with Crippen molar-refractivity contribution in [3.8, 4) is 11.8 Å². The van der Waals surface area contributed by atoms with Gasteiger partial charge in [-0.2, -0.15) is 5.26 Å². The summed E-state index contributed by atoms with van der Waals surface area (Å²) in [6.45, 7) is 1.92. The van der Waals surface area contributed by atoms with Crippen LogP contribution < -0.4 is 20.7 Å². The number of hydrogen-bond donors (Lipinski definition) is 4. The Morgan fingerprint density at radius 3 is 2.68 bits per heavy atom. The second-order valence-corrected chi connectivity index (χ2v) is 9.81. The van der Waals surface area contributed by atoms with Crippen LogP contribution in [-0.4, -0.2) is 41.9 Å². The van der Waals surface area contributed by atoms with Gasteiger partial charge in [0.1, 0.15) is 23.5 Å². The predicted octanol–water partition coefficient (Wildman–Crippen LogP) is 3.52. The van der Waals surface area contributed by atoms with Crippen molar-refractivity contribution in [2.45, 2.75) is 50.6 Å². The lowest BCUT2D eigenvalue weighted by atomic mass is 9.90. The molecular weight excluding hydrogens is 470 g/mol. The molecule has 0 spiro atoms. The number of nitriles is 1. The molecule has 3 atom stereocenters. The number of benzene rings is 2. The average molecular weight is 500 g/mol. The highest BCUT2D eigenvalue weighted by Gasteiger charge is 2.36. The summed E-state index contributed by atoms with van der Waals surface area (Å²) in [6, 6.07) is 13.3. The number of anilines is 1. The van der Waals surface area contributed by atoms with Gasteiger partial charge in [0, 0.05) is 16.6 Å². The van der Waals surface area contributed by atoms with E-state index in [-0.39, 0.29) is 12.3 Å². The van der Waals surface area contributed by atoms with Crippen molar-refractivity contribution in [1.29, 1.82) is 5.26 Å². The zero-order valence-corrected chi connectivity index (χ0v) is 20.8. The lowest BCUT2D eigenvalue weighted by Crippen LogP contribution is -2.50. The Morgan fingerprint density at radius 2 is 1.95 bits per heavy atom. The van der Waals surface area contributed by atoms with Crippen LogP contribution in [-0.2, 0) is 9.59 Å². The maximum atomic E-state index is 13.3. The van der Waals surface area contributed by atoms with E-state index in [0.717, 1.165) is 40.6 Å². The molecule has 0 bridgehead atoms. The number of rotatable bonds is 9. The van der Waals surface area contributed by atoms with E-state index in [1.165, 1.54) is 0 Å². The highest BCUT2D eigenvalue weighted by molar-refractivity contribution is 6.04. The topological polar surface area (TPSA) is 136 Å². The number of amides is 3. The molecule has 1 aliphatic carbocycles. The quantitative estimate of drug-likeness (QED) is 0.357. The van der Waals surface area contributed by atoms with E-state index in [2.05, 4.69) is 27.0 Å². The first-order chi connectivity index (χ1) is 17.9. The molecule has 1 fully saturated rings. The third kappa shape index (κ3) is 5.00. The summed E-state index contributed by atoms with van der Waals surface area (Å²) in [4.78, 5) is 42.1. The summed E-state index contributed by atoms with van der Waals surface area (Å²) in [6.07, 6.45) is 2.65. The van der Waals surface area contributed by atoms with Gasteiger partial charge >= 0.3 is 0 Å². The van der Waals surface area contributed by atoms with Crippen LogP contribution in [0, 0.1) is 24.2 Å². The highest BCUT2D eigenvalue weighted by Crippen LogP contribution is 2.38. The lowest BCUT2D eigenvalue weighted by molar-refractivity contribution is -0.124. The summed E-state index contributed by atoms with van der Waals surface area (Å²) in [5.41, 5.74) is 3.63.